The van der Waals surface area contributed by atoms with Gasteiger partial charge in [-0.3, -0.25) is 14.4 Å². The normalized spacial score (nSPS) is 20.7. The Balaban J connectivity index is 1.48. The molecule has 1 spiro atoms. The second-order valence-electron chi connectivity index (χ2n) is 6.76. The van der Waals surface area contributed by atoms with E-state index in [1.165, 1.54) is 0 Å². The smallest absolute Gasteiger partial charge is 0.322 e. The molecule has 0 radical (unpaired) electrons. The summed E-state index contributed by atoms with van der Waals surface area (Å²) in [5.74, 6) is -1.31. The van der Waals surface area contributed by atoms with Gasteiger partial charge in [-0.05, 0) is 42.4 Å². The van der Waals surface area contributed by atoms with Crippen LogP contribution in [0.4, 0.5) is 5.69 Å². The molecule has 1 aliphatic heterocycles. The minimum Gasteiger partial charge on any atom is -0.480 e. The van der Waals surface area contributed by atoms with E-state index < -0.39 is 5.97 Å². The number of carbonyl (C=O) groups excluding carboxylic acids is 2. The fourth-order valence-corrected chi connectivity index (χ4v) is 3.41. The number of anilines is 1. The molecule has 2 fully saturated rings. The van der Waals surface area contributed by atoms with Crippen LogP contribution in [0, 0.1) is 11.3 Å². The molecule has 7 nitrogen and oxygen atoms in total. The second-order valence-corrected chi connectivity index (χ2v) is 6.76. The molecule has 3 N–H and O–H groups in total. The molecule has 25 heavy (non-hydrogen) atoms. The van der Waals surface area contributed by atoms with Crippen molar-refractivity contribution in [1.29, 1.82) is 0 Å². The van der Waals surface area contributed by atoms with Crippen LogP contribution in [-0.2, 0) is 25.5 Å². The number of benzene rings is 1. The van der Waals surface area contributed by atoms with E-state index in [4.69, 9.17) is 9.84 Å². The third-order valence-electron chi connectivity index (χ3n) is 5.02. The lowest BCUT2D eigenvalue weighted by Gasteiger charge is -2.22. The molecule has 1 saturated heterocycles. The molecule has 1 aromatic carbocycles. The van der Waals surface area contributed by atoms with Gasteiger partial charge in [0.15, 0.2) is 0 Å². The van der Waals surface area contributed by atoms with E-state index in [-0.39, 0.29) is 36.1 Å². The van der Waals surface area contributed by atoms with Crippen LogP contribution >= 0.6 is 0 Å². The van der Waals surface area contributed by atoms with Crippen LogP contribution < -0.4 is 10.6 Å². The molecule has 1 atom stereocenters. The molecule has 7 heteroatoms. The molecule has 1 saturated carbocycles. The Morgan fingerprint density at radius 3 is 2.48 bits per heavy atom. The molecular formula is C18H22N2O5. The van der Waals surface area contributed by atoms with Crippen molar-refractivity contribution in [2.45, 2.75) is 25.7 Å². The molecule has 0 bridgehead atoms. The lowest BCUT2D eigenvalue weighted by molar-refractivity contribution is -0.137. The first-order valence-corrected chi connectivity index (χ1v) is 8.45. The summed E-state index contributed by atoms with van der Waals surface area (Å²) in [5, 5.41) is 13.8. The summed E-state index contributed by atoms with van der Waals surface area (Å²) in [7, 11) is 0. The summed E-state index contributed by atoms with van der Waals surface area (Å²) >= 11 is 0. The first-order chi connectivity index (χ1) is 12.0. The van der Waals surface area contributed by atoms with Crippen molar-refractivity contribution in [3.05, 3.63) is 29.8 Å². The SMILES string of the molecule is O=C(O)CNC(=O)Cc1ccc(NC(=O)C2CC23CCOCC3)cc1. The lowest BCUT2D eigenvalue weighted by atomic mass is 9.93. The van der Waals surface area contributed by atoms with Crippen LogP contribution in [0.3, 0.4) is 0 Å². The van der Waals surface area contributed by atoms with Gasteiger partial charge >= 0.3 is 5.97 Å². The minimum atomic E-state index is -1.08. The Bertz CT molecular complexity index is 665. The predicted octanol–water partition coefficient (Wildman–Crippen LogP) is 1.19. The van der Waals surface area contributed by atoms with E-state index in [1.807, 2.05) is 0 Å². The number of rotatable bonds is 6. The molecule has 1 heterocycles. The van der Waals surface area contributed by atoms with Gasteiger partial charge in [-0.25, -0.2) is 0 Å². The van der Waals surface area contributed by atoms with Gasteiger partial charge in [0.25, 0.3) is 0 Å². The Hall–Kier alpha value is -2.41. The molecule has 1 unspecified atom stereocenters. The van der Waals surface area contributed by atoms with E-state index in [0.29, 0.717) is 5.69 Å². The quantitative estimate of drug-likeness (QED) is 0.717. The highest BCUT2D eigenvalue weighted by molar-refractivity contribution is 5.95. The van der Waals surface area contributed by atoms with Crippen molar-refractivity contribution in [2.24, 2.45) is 11.3 Å². The number of nitrogens with one attached hydrogen (secondary N) is 2. The predicted molar refractivity (Wildman–Crippen MR) is 90.0 cm³/mol. The van der Waals surface area contributed by atoms with Gasteiger partial charge in [-0.1, -0.05) is 12.1 Å². The monoisotopic (exact) mass is 346 g/mol. The molecule has 2 amide bonds. The van der Waals surface area contributed by atoms with Crippen LogP contribution in [0.5, 0.6) is 0 Å². The van der Waals surface area contributed by atoms with Gasteiger partial charge < -0.3 is 20.5 Å². The number of carboxylic acid groups (broad SMARTS) is 1. The summed E-state index contributed by atoms with van der Waals surface area (Å²) in [6.45, 7) is 1.09. The van der Waals surface area contributed by atoms with Crippen LogP contribution in [0.2, 0.25) is 0 Å². The van der Waals surface area contributed by atoms with Crippen LogP contribution in [0.25, 0.3) is 0 Å². The first kappa shape index (κ1) is 17.4. The highest BCUT2D eigenvalue weighted by Gasteiger charge is 2.57. The van der Waals surface area contributed by atoms with Crippen molar-refractivity contribution >= 4 is 23.5 Å². The number of amides is 2. The van der Waals surface area contributed by atoms with Crippen LogP contribution in [-0.4, -0.2) is 42.6 Å². The summed E-state index contributed by atoms with van der Waals surface area (Å²) in [4.78, 5) is 34.4. The molecular weight excluding hydrogens is 324 g/mol. The molecule has 0 aromatic heterocycles. The zero-order valence-electron chi connectivity index (χ0n) is 13.9. The highest BCUT2D eigenvalue weighted by atomic mass is 16.5. The molecule has 134 valence electrons. The summed E-state index contributed by atoms with van der Waals surface area (Å²) in [6.07, 6.45) is 2.95. The number of carbonyl (C=O) groups is 3. The average Bonchev–Trinajstić information content (AvgIpc) is 3.28. The minimum absolute atomic E-state index is 0.0499. The Morgan fingerprint density at radius 1 is 1.16 bits per heavy atom. The number of hydrogen-bond donors (Lipinski definition) is 3. The zero-order valence-corrected chi connectivity index (χ0v) is 13.9. The van der Waals surface area contributed by atoms with Gasteiger partial charge in [0.2, 0.25) is 11.8 Å². The van der Waals surface area contributed by atoms with Crippen molar-refractivity contribution in [2.75, 3.05) is 25.1 Å². The summed E-state index contributed by atoms with van der Waals surface area (Å²) < 4.78 is 5.37. The van der Waals surface area contributed by atoms with E-state index in [1.54, 1.807) is 24.3 Å². The van der Waals surface area contributed by atoms with Crippen molar-refractivity contribution in [3.63, 3.8) is 0 Å². The summed E-state index contributed by atoms with van der Waals surface area (Å²) in [6, 6.07) is 7.04. The van der Waals surface area contributed by atoms with Crippen LogP contribution in [0.15, 0.2) is 24.3 Å². The van der Waals surface area contributed by atoms with Gasteiger partial charge in [-0.15, -0.1) is 0 Å². The second kappa shape index (κ2) is 7.23. The lowest BCUT2D eigenvalue weighted by Crippen LogP contribution is -2.30. The third-order valence-corrected chi connectivity index (χ3v) is 5.02. The number of ether oxygens (including phenoxy) is 1. The highest BCUT2D eigenvalue weighted by Crippen LogP contribution is 2.59. The van der Waals surface area contributed by atoms with Crippen molar-refractivity contribution in [3.8, 4) is 0 Å². The maximum atomic E-state index is 12.4. The maximum absolute atomic E-state index is 12.4. The van der Waals surface area contributed by atoms with Gasteiger partial charge in [0.1, 0.15) is 6.54 Å². The maximum Gasteiger partial charge on any atom is 0.322 e. The van der Waals surface area contributed by atoms with Gasteiger partial charge in [0.05, 0.1) is 6.42 Å². The number of carboxylic acids is 1. The Kier molecular flexibility index (Phi) is 5.03. The first-order valence-electron chi connectivity index (χ1n) is 8.45. The fourth-order valence-electron chi connectivity index (χ4n) is 3.41. The van der Waals surface area contributed by atoms with Crippen molar-refractivity contribution in [1.82, 2.24) is 5.32 Å². The van der Waals surface area contributed by atoms with Crippen LogP contribution in [0.1, 0.15) is 24.8 Å². The van der Waals surface area contributed by atoms with Crippen molar-refractivity contribution < 1.29 is 24.2 Å². The Labute approximate surface area is 145 Å². The molecule has 3 rings (SSSR count). The molecule has 1 aromatic rings. The van der Waals surface area contributed by atoms with Gasteiger partial charge in [-0.2, -0.15) is 0 Å². The number of hydrogen-bond acceptors (Lipinski definition) is 4. The zero-order chi connectivity index (χ0) is 17.9. The largest absolute Gasteiger partial charge is 0.480 e. The van der Waals surface area contributed by atoms with E-state index >= 15 is 0 Å². The van der Waals surface area contributed by atoms with Gasteiger partial charge in [0, 0.05) is 24.8 Å². The van der Waals surface area contributed by atoms with E-state index in [9.17, 15) is 14.4 Å². The van der Waals surface area contributed by atoms with E-state index in [0.717, 1.165) is 38.0 Å². The number of aliphatic carboxylic acids is 1. The average molecular weight is 346 g/mol. The standard InChI is InChI=1S/C18H22N2O5/c21-15(19-11-16(22)23)9-12-1-3-13(4-2-12)20-17(24)14-10-18(14)5-7-25-8-6-18/h1-4,14H,5-11H2,(H,19,21)(H,20,24)(H,22,23). The molecule has 2 aliphatic rings. The Morgan fingerprint density at radius 2 is 1.84 bits per heavy atom. The summed E-state index contributed by atoms with van der Waals surface area (Å²) in [5.41, 5.74) is 1.60. The van der Waals surface area contributed by atoms with E-state index in [2.05, 4.69) is 10.6 Å². The topological polar surface area (TPSA) is 105 Å². The fraction of sp³-hybridized carbons (Fsp3) is 0.500. The third kappa shape index (κ3) is 4.36. The molecule has 1 aliphatic carbocycles.